The zero-order chi connectivity index (χ0) is 15.4. The third kappa shape index (κ3) is 3.45. The highest BCUT2D eigenvalue weighted by atomic mass is 79.9. The van der Waals surface area contributed by atoms with Gasteiger partial charge in [0.1, 0.15) is 11.5 Å². The normalized spacial score (nSPS) is 10.3. The maximum atomic E-state index is 12.5. The first kappa shape index (κ1) is 15.6. The molecule has 0 N–H and O–H groups in total. The first-order valence-corrected chi connectivity index (χ1v) is 7.47. The van der Waals surface area contributed by atoms with Gasteiger partial charge in [0.2, 0.25) is 0 Å². The Bertz CT molecular complexity index is 665. The van der Waals surface area contributed by atoms with Gasteiger partial charge in [-0.15, -0.1) is 0 Å². The second-order valence-electron chi connectivity index (χ2n) is 4.59. The van der Waals surface area contributed by atoms with Crippen LogP contribution in [0.15, 0.2) is 40.9 Å². The van der Waals surface area contributed by atoms with E-state index in [0.717, 1.165) is 15.8 Å². The SMILES string of the molecule is CCOc1ccc(C(=O)c2ccc(C)c(OC)c2)cc1Br. The molecule has 0 aliphatic rings. The third-order valence-corrected chi connectivity index (χ3v) is 3.78. The standard InChI is InChI=1S/C17H17BrO3/c1-4-21-15-8-7-12(9-14(15)18)17(19)13-6-5-11(2)16(10-13)20-3/h5-10H,4H2,1-3H3. The molecule has 0 bridgehead atoms. The van der Waals surface area contributed by atoms with Gasteiger partial charge in [-0.25, -0.2) is 0 Å². The summed E-state index contributed by atoms with van der Waals surface area (Å²) >= 11 is 3.43. The van der Waals surface area contributed by atoms with Gasteiger partial charge in [0.05, 0.1) is 18.2 Å². The number of methoxy groups -OCH3 is 1. The van der Waals surface area contributed by atoms with E-state index >= 15 is 0 Å². The summed E-state index contributed by atoms with van der Waals surface area (Å²) in [6.45, 7) is 4.45. The monoisotopic (exact) mass is 348 g/mol. The molecule has 2 rings (SSSR count). The molecule has 2 aromatic rings. The van der Waals surface area contributed by atoms with E-state index in [1.54, 1.807) is 31.4 Å². The highest BCUT2D eigenvalue weighted by Crippen LogP contribution is 2.28. The summed E-state index contributed by atoms with van der Waals surface area (Å²) in [5, 5.41) is 0. The molecule has 0 fully saturated rings. The van der Waals surface area contributed by atoms with Crippen LogP contribution in [0.3, 0.4) is 0 Å². The number of ether oxygens (including phenoxy) is 2. The highest BCUT2D eigenvalue weighted by molar-refractivity contribution is 9.10. The van der Waals surface area contributed by atoms with Crippen molar-refractivity contribution in [1.82, 2.24) is 0 Å². The summed E-state index contributed by atoms with van der Waals surface area (Å²) in [5.74, 6) is 1.40. The van der Waals surface area contributed by atoms with E-state index < -0.39 is 0 Å². The van der Waals surface area contributed by atoms with Crippen molar-refractivity contribution in [2.24, 2.45) is 0 Å². The van der Waals surface area contributed by atoms with Crippen molar-refractivity contribution in [1.29, 1.82) is 0 Å². The molecule has 0 heterocycles. The van der Waals surface area contributed by atoms with Crippen LogP contribution < -0.4 is 9.47 Å². The molecule has 0 spiro atoms. The van der Waals surface area contributed by atoms with E-state index in [1.165, 1.54) is 0 Å². The summed E-state index contributed by atoms with van der Waals surface area (Å²) in [7, 11) is 1.60. The Hall–Kier alpha value is -1.81. The van der Waals surface area contributed by atoms with Crippen LogP contribution in [0.5, 0.6) is 11.5 Å². The van der Waals surface area contributed by atoms with Gasteiger partial charge in [-0.1, -0.05) is 12.1 Å². The number of benzene rings is 2. The highest BCUT2D eigenvalue weighted by Gasteiger charge is 2.13. The van der Waals surface area contributed by atoms with Crippen LogP contribution in [0, 0.1) is 6.92 Å². The molecule has 0 aliphatic heterocycles. The summed E-state index contributed by atoms with van der Waals surface area (Å²) in [4.78, 5) is 12.5. The number of rotatable bonds is 5. The molecule has 0 radical (unpaired) electrons. The lowest BCUT2D eigenvalue weighted by atomic mass is 10.0. The summed E-state index contributed by atoms with van der Waals surface area (Å²) in [6, 6.07) is 10.8. The van der Waals surface area contributed by atoms with E-state index in [-0.39, 0.29) is 5.78 Å². The maximum absolute atomic E-state index is 12.5. The minimum atomic E-state index is -0.0444. The van der Waals surface area contributed by atoms with Gasteiger partial charge in [0, 0.05) is 11.1 Å². The van der Waals surface area contributed by atoms with Crippen molar-refractivity contribution in [2.75, 3.05) is 13.7 Å². The fraction of sp³-hybridized carbons (Fsp3) is 0.235. The third-order valence-electron chi connectivity index (χ3n) is 3.16. The van der Waals surface area contributed by atoms with Gasteiger partial charge in [-0.05, 0) is 59.6 Å². The van der Waals surface area contributed by atoms with Gasteiger partial charge in [0.25, 0.3) is 0 Å². The zero-order valence-corrected chi connectivity index (χ0v) is 13.9. The molecule has 110 valence electrons. The average molecular weight is 349 g/mol. The lowest BCUT2D eigenvalue weighted by Gasteiger charge is -2.09. The second kappa shape index (κ2) is 6.76. The largest absolute Gasteiger partial charge is 0.496 e. The molecule has 0 atom stereocenters. The maximum Gasteiger partial charge on any atom is 0.193 e. The van der Waals surface area contributed by atoms with Gasteiger partial charge in [-0.2, -0.15) is 0 Å². The zero-order valence-electron chi connectivity index (χ0n) is 12.3. The van der Waals surface area contributed by atoms with Crippen molar-refractivity contribution in [2.45, 2.75) is 13.8 Å². The predicted octanol–water partition coefficient (Wildman–Crippen LogP) is 4.40. The topological polar surface area (TPSA) is 35.5 Å². The Kier molecular flexibility index (Phi) is 5.02. The number of ketones is 1. The molecule has 0 aromatic heterocycles. The minimum Gasteiger partial charge on any atom is -0.496 e. The first-order valence-electron chi connectivity index (χ1n) is 6.68. The molecule has 0 amide bonds. The van der Waals surface area contributed by atoms with Crippen LogP contribution in [0.1, 0.15) is 28.4 Å². The Morgan fingerprint density at radius 1 is 1.10 bits per heavy atom. The molecule has 0 unspecified atom stereocenters. The van der Waals surface area contributed by atoms with E-state index in [0.29, 0.717) is 23.5 Å². The van der Waals surface area contributed by atoms with Gasteiger partial charge in [0.15, 0.2) is 5.78 Å². The summed E-state index contributed by atoms with van der Waals surface area (Å²) in [6.07, 6.45) is 0. The van der Waals surface area contributed by atoms with E-state index in [1.807, 2.05) is 26.0 Å². The number of carbonyl (C=O) groups excluding carboxylic acids is 1. The van der Waals surface area contributed by atoms with Gasteiger partial charge in [-0.3, -0.25) is 4.79 Å². The van der Waals surface area contributed by atoms with Crippen molar-refractivity contribution < 1.29 is 14.3 Å². The Balaban J connectivity index is 2.34. The van der Waals surface area contributed by atoms with Crippen LogP contribution in [-0.2, 0) is 0 Å². The smallest absolute Gasteiger partial charge is 0.193 e. The number of aryl methyl sites for hydroxylation is 1. The van der Waals surface area contributed by atoms with Crippen molar-refractivity contribution in [3.63, 3.8) is 0 Å². The van der Waals surface area contributed by atoms with Crippen LogP contribution in [0.2, 0.25) is 0 Å². The van der Waals surface area contributed by atoms with Crippen molar-refractivity contribution in [3.05, 3.63) is 57.6 Å². The summed E-state index contributed by atoms with van der Waals surface area (Å²) in [5.41, 5.74) is 2.21. The molecule has 4 heteroatoms. The van der Waals surface area contributed by atoms with Crippen molar-refractivity contribution in [3.8, 4) is 11.5 Å². The number of hydrogen-bond donors (Lipinski definition) is 0. The minimum absolute atomic E-state index is 0.0444. The Morgan fingerprint density at radius 3 is 2.38 bits per heavy atom. The fourth-order valence-corrected chi connectivity index (χ4v) is 2.54. The average Bonchev–Trinajstić information content (AvgIpc) is 2.49. The Labute approximate surface area is 133 Å². The molecular weight excluding hydrogens is 332 g/mol. The molecule has 0 saturated carbocycles. The lowest BCUT2D eigenvalue weighted by Crippen LogP contribution is -2.03. The van der Waals surface area contributed by atoms with E-state index in [4.69, 9.17) is 9.47 Å². The van der Waals surface area contributed by atoms with Crippen LogP contribution in [-0.4, -0.2) is 19.5 Å². The molecule has 0 aliphatic carbocycles. The van der Waals surface area contributed by atoms with Gasteiger partial charge >= 0.3 is 0 Å². The molecule has 21 heavy (non-hydrogen) atoms. The quantitative estimate of drug-likeness (QED) is 0.751. The lowest BCUT2D eigenvalue weighted by molar-refractivity contribution is 0.103. The fourth-order valence-electron chi connectivity index (χ4n) is 2.04. The number of carbonyl (C=O) groups is 1. The molecular formula is C17H17BrO3. The Morgan fingerprint density at radius 2 is 1.76 bits per heavy atom. The molecule has 2 aromatic carbocycles. The number of halogens is 1. The molecule has 3 nitrogen and oxygen atoms in total. The number of hydrogen-bond acceptors (Lipinski definition) is 3. The van der Waals surface area contributed by atoms with E-state index in [9.17, 15) is 4.79 Å². The molecule has 0 saturated heterocycles. The van der Waals surface area contributed by atoms with Crippen molar-refractivity contribution >= 4 is 21.7 Å². The second-order valence-corrected chi connectivity index (χ2v) is 5.45. The summed E-state index contributed by atoms with van der Waals surface area (Å²) < 4.78 is 11.5. The van der Waals surface area contributed by atoms with Crippen LogP contribution >= 0.6 is 15.9 Å². The predicted molar refractivity (Wildman–Crippen MR) is 86.5 cm³/mol. The van der Waals surface area contributed by atoms with Gasteiger partial charge < -0.3 is 9.47 Å². The van der Waals surface area contributed by atoms with Crippen LogP contribution in [0.4, 0.5) is 0 Å². The van der Waals surface area contributed by atoms with E-state index in [2.05, 4.69) is 15.9 Å². The first-order chi connectivity index (χ1) is 10.1. The van der Waals surface area contributed by atoms with Crippen LogP contribution in [0.25, 0.3) is 0 Å².